The van der Waals surface area contributed by atoms with Gasteiger partial charge in [0.25, 0.3) is 0 Å². The second-order valence-electron chi connectivity index (χ2n) is 18.4. The summed E-state index contributed by atoms with van der Waals surface area (Å²) in [5.41, 5.74) is 5.90. The Bertz CT molecular complexity index is 1460. The fourth-order valence-electron chi connectivity index (χ4n) is 6.91. The molecule has 0 spiro atoms. The second kappa shape index (κ2) is 11.2. The smallest absolute Gasteiger partial charge is 0.387 e. The molecular formula is C38H60NO4P. The maximum absolute atomic E-state index is 7.03. The van der Waals surface area contributed by atoms with E-state index in [-0.39, 0.29) is 38.8 Å². The van der Waals surface area contributed by atoms with Crippen molar-refractivity contribution in [2.45, 2.75) is 162 Å². The lowest BCUT2D eigenvalue weighted by atomic mass is 9.77. The highest BCUT2D eigenvalue weighted by atomic mass is 31.1. The van der Waals surface area contributed by atoms with E-state index in [2.05, 4.69) is 140 Å². The molecule has 0 amide bonds. The molecule has 2 aromatic carbocycles. The molecule has 1 fully saturated rings. The van der Waals surface area contributed by atoms with Crippen LogP contribution in [0.1, 0.15) is 146 Å². The number of nitrogens with zero attached hydrogens (tertiary/aromatic N) is 1. The van der Waals surface area contributed by atoms with Gasteiger partial charge in [-0.3, -0.25) is 4.52 Å². The third-order valence-electron chi connectivity index (χ3n) is 9.12. The number of hydrogen-bond donors (Lipinski definition) is 0. The molecule has 246 valence electrons. The van der Waals surface area contributed by atoms with Crippen LogP contribution < -0.4 is 4.52 Å². The minimum atomic E-state index is -1.76. The average molecular weight is 626 g/mol. The summed E-state index contributed by atoms with van der Waals surface area (Å²) in [6, 6.07) is 9.37. The first-order chi connectivity index (χ1) is 19.8. The summed E-state index contributed by atoms with van der Waals surface area (Å²) in [6.45, 7) is 36.2. The van der Waals surface area contributed by atoms with Crippen LogP contribution in [0.4, 0.5) is 0 Å². The lowest BCUT2D eigenvalue weighted by Crippen LogP contribution is -2.61. The Morgan fingerprint density at radius 2 is 1.00 bits per heavy atom. The van der Waals surface area contributed by atoms with Crippen LogP contribution in [0.2, 0.25) is 0 Å². The van der Waals surface area contributed by atoms with Crippen molar-refractivity contribution < 1.29 is 17.8 Å². The van der Waals surface area contributed by atoms with Crippen LogP contribution in [0.25, 0.3) is 21.9 Å². The van der Waals surface area contributed by atoms with Crippen molar-refractivity contribution in [3.8, 4) is 0 Å². The first kappa shape index (κ1) is 35.1. The molecule has 2 heterocycles. The Morgan fingerprint density at radius 3 is 1.30 bits per heavy atom. The number of fused-ring (bicyclic) bond motifs is 3. The zero-order valence-corrected chi connectivity index (χ0v) is 31.7. The maximum atomic E-state index is 7.03. The number of benzene rings is 2. The molecule has 1 aliphatic heterocycles. The van der Waals surface area contributed by atoms with E-state index in [1.165, 1.54) is 22.3 Å². The van der Waals surface area contributed by atoms with E-state index < -0.39 is 8.24 Å². The van der Waals surface area contributed by atoms with Crippen LogP contribution in [-0.4, -0.2) is 29.4 Å². The molecule has 0 atom stereocenters. The molecule has 0 radical (unpaired) electrons. The van der Waals surface area contributed by atoms with Crippen molar-refractivity contribution >= 4 is 30.2 Å². The van der Waals surface area contributed by atoms with Gasteiger partial charge in [0.15, 0.2) is 0 Å². The summed E-state index contributed by atoms with van der Waals surface area (Å²) < 4.78 is 21.0. The quantitative estimate of drug-likeness (QED) is 0.290. The van der Waals surface area contributed by atoms with Crippen LogP contribution in [-0.2, 0) is 26.5 Å². The van der Waals surface area contributed by atoms with Gasteiger partial charge >= 0.3 is 8.24 Å². The van der Waals surface area contributed by atoms with Gasteiger partial charge in [-0.1, -0.05) is 95.2 Å². The topological polar surface area (TPSA) is 48.0 Å². The molecule has 4 rings (SSSR count). The normalized spacial score (nSPS) is 18.8. The van der Waals surface area contributed by atoms with E-state index in [1.54, 1.807) is 7.11 Å². The second-order valence-corrected chi connectivity index (χ2v) is 19.5. The van der Waals surface area contributed by atoms with Gasteiger partial charge in [0.05, 0.1) is 13.2 Å². The van der Waals surface area contributed by atoms with Crippen molar-refractivity contribution in [3.63, 3.8) is 0 Å². The van der Waals surface area contributed by atoms with E-state index in [9.17, 15) is 0 Å². The largest absolute Gasteiger partial charge is 0.399 e. The summed E-state index contributed by atoms with van der Waals surface area (Å²) in [6.07, 6.45) is 1.56. The molecule has 0 bridgehead atoms. The molecule has 0 aliphatic carbocycles. The van der Waals surface area contributed by atoms with Crippen molar-refractivity contribution in [2.75, 3.05) is 7.11 Å². The molecular weight excluding hydrogens is 565 g/mol. The van der Waals surface area contributed by atoms with E-state index in [0.717, 1.165) is 34.8 Å². The molecule has 0 N–H and O–H groups in total. The number of piperidine rings is 1. The zero-order chi connectivity index (χ0) is 33.4. The molecule has 1 saturated heterocycles. The molecule has 44 heavy (non-hydrogen) atoms. The highest BCUT2D eigenvalue weighted by Crippen LogP contribution is 2.47. The van der Waals surface area contributed by atoms with Gasteiger partial charge < -0.3 is 13.2 Å². The first-order valence-electron chi connectivity index (χ1n) is 16.3. The van der Waals surface area contributed by atoms with E-state index >= 15 is 0 Å². The molecule has 5 nitrogen and oxygen atoms in total. The number of rotatable bonds is 3. The third kappa shape index (κ3) is 6.97. The molecule has 1 aliphatic rings. The van der Waals surface area contributed by atoms with Crippen LogP contribution in [0, 0.1) is 0 Å². The lowest BCUT2D eigenvalue weighted by molar-refractivity contribution is -0.273. The Labute approximate surface area is 268 Å². The highest BCUT2D eigenvalue weighted by Gasteiger charge is 2.47. The zero-order valence-electron chi connectivity index (χ0n) is 30.8. The van der Waals surface area contributed by atoms with E-state index in [4.69, 9.17) is 17.8 Å². The van der Waals surface area contributed by atoms with Crippen LogP contribution in [0.3, 0.4) is 0 Å². The Hall–Kier alpha value is -1.78. The standard InChI is InChI=1S/C38H60NO4P/c1-33(2,3)24-18-27-28-19-25(34(4,5)6)21-30(36(10,11)12)32(28)43-44(42-31(27)29(20-24)35(7,8)9)41-26-22-37(13,14)39(40-17)38(15,16)23-26/h18-21,26H,22-23H2,1-17H3. The van der Waals surface area contributed by atoms with Gasteiger partial charge in [-0.15, -0.1) is 0 Å². The Balaban J connectivity index is 2.17. The minimum absolute atomic E-state index is 0.0371. The predicted octanol–water partition coefficient (Wildman–Crippen LogP) is 11.5. The predicted molar refractivity (Wildman–Crippen MR) is 188 cm³/mol. The van der Waals surface area contributed by atoms with Gasteiger partial charge in [-0.25, -0.2) is 0 Å². The van der Waals surface area contributed by atoms with Crippen molar-refractivity contribution in [1.29, 1.82) is 0 Å². The SMILES string of the molecule is CON1C(C)(C)CC(Op2oc3c(C(C)(C)C)cc(C(C)(C)C)cc3c3cc(C(C)(C)C)cc(C(C)(C)C)c3o2)CC1(C)C. The van der Waals surface area contributed by atoms with Crippen LogP contribution in [0.5, 0.6) is 0 Å². The van der Waals surface area contributed by atoms with Crippen molar-refractivity contribution in [1.82, 2.24) is 5.06 Å². The summed E-state index contributed by atoms with van der Waals surface area (Å²) in [5, 5.41) is 4.30. The van der Waals surface area contributed by atoms with E-state index in [0.29, 0.717) is 0 Å². The summed E-state index contributed by atoms with van der Waals surface area (Å²) in [5.74, 6) is 0. The van der Waals surface area contributed by atoms with Gasteiger partial charge in [0, 0.05) is 33.0 Å². The summed E-state index contributed by atoms with van der Waals surface area (Å²) >= 11 is 0. The average Bonchev–Trinajstić information content (AvgIpc) is 2.95. The van der Waals surface area contributed by atoms with Crippen molar-refractivity contribution in [3.05, 3.63) is 46.5 Å². The Morgan fingerprint density at radius 1 is 0.636 bits per heavy atom. The molecule has 0 saturated carbocycles. The third-order valence-corrected chi connectivity index (χ3v) is 10.3. The molecule has 0 unspecified atom stereocenters. The first-order valence-corrected chi connectivity index (χ1v) is 17.4. The van der Waals surface area contributed by atoms with Gasteiger partial charge in [-0.2, -0.15) is 5.06 Å². The lowest BCUT2D eigenvalue weighted by Gasteiger charge is -2.52. The maximum Gasteiger partial charge on any atom is 0.387 e. The Kier molecular flexibility index (Phi) is 8.92. The minimum Gasteiger partial charge on any atom is -0.399 e. The number of hydrogen-bond acceptors (Lipinski definition) is 5. The van der Waals surface area contributed by atoms with Crippen LogP contribution >= 0.6 is 8.24 Å². The fraction of sp³-hybridized carbons (Fsp3) is 0.684. The number of hydroxylamine groups is 2. The van der Waals surface area contributed by atoms with Gasteiger partial charge in [0.2, 0.25) is 0 Å². The van der Waals surface area contributed by atoms with E-state index in [1.807, 2.05) is 0 Å². The molecule has 6 heteroatoms. The summed E-state index contributed by atoms with van der Waals surface area (Å²) in [4.78, 5) is 5.88. The van der Waals surface area contributed by atoms with Crippen molar-refractivity contribution in [2.24, 2.45) is 0 Å². The fourth-order valence-corrected chi connectivity index (χ4v) is 8.12. The highest BCUT2D eigenvalue weighted by molar-refractivity contribution is 7.31. The molecule has 1 aromatic heterocycles. The summed E-state index contributed by atoms with van der Waals surface area (Å²) in [7, 11) is 0.00643. The van der Waals surface area contributed by atoms with Gasteiger partial charge in [0.1, 0.15) is 11.2 Å². The van der Waals surface area contributed by atoms with Gasteiger partial charge in [-0.05, 0) is 85.5 Å². The van der Waals surface area contributed by atoms with Crippen LogP contribution in [0.15, 0.2) is 32.7 Å². The molecule has 3 aromatic rings. The monoisotopic (exact) mass is 625 g/mol.